The second-order valence-electron chi connectivity index (χ2n) is 17.5. The fourth-order valence-electron chi connectivity index (χ4n) is 7.43. The van der Waals surface area contributed by atoms with Gasteiger partial charge >= 0.3 is 17.9 Å². The van der Waals surface area contributed by atoms with Crippen LogP contribution in [0.4, 0.5) is 0 Å². The Morgan fingerprint density at radius 2 is 0.600 bits per heavy atom. The van der Waals surface area contributed by atoms with Gasteiger partial charge in [0, 0.05) is 19.3 Å². The third-order valence-corrected chi connectivity index (χ3v) is 11.4. The largest absolute Gasteiger partial charge is 0.462 e. The van der Waals surface area contributed by atoms with E-state index in [-0.39, 0.29) is 31.1 Å². The standard InChI is InChI=1S/C54H98O6/c1-4-7-10-13-16-19-22-24-26-28-29-32-35-38-41-44-47-53(56)59-50-51(49-58-52(55)46-43-40-37-34-31-21-18-15-12-9-6-3)60-54(57)48-45-42-39-36-33-30-27-25-23-20-17-14-11-8-5-2/h20,23,26,28-29,32,51H,4-19,21-22,24-25,27,30-31,33-50H2,1-3H3/b23-20-,28-26-,32-29-. The van der Waals surface area contributed by atoms with Crippen molar-refractivity contribution in [3.8, 4) is 0 Å². The van der Waals surface area contributed by atoms with Gasteiger partial charge in [-0.25, -0.2) is 0 Å². The molecule has 6 nitrogen and oxygen atoms in total. The first-order valence-corrected chi connectivity index (χ1v) is 26.0. The Kier molecular flexibility index (Phi) is 47.3. The van der Waals surface area contributed by atoms with E-state index in [9.17, 15) is 14.4 Å². The summed E-state index contributed by atoms with van der Waals surface area (Å²) >= 11 is 0. The average Bonchev–Trinajstić information content (AvgIpc) is 3.24. The van der Waals surface area contributed by atoms with Crippen molar-refractivity contribution in [1.82, 2.24) is 0 Å². The number of rotatable bonds is 47. The minimum Gasteiger partial charge on any atom is -0.462 e. The lowest BCUT2D eigenvalue weighted by Crippen LogP contribution is -2.30. The van der Waals surface area contributed by atoms with E-state index < -0.39 is 6.10 Å². The molecule has 6 heteroatoms. The molecular formula is C54H98O6. The van der Waals surface area contributed by atoms with Crippen LogP contribution in [0, 0.1) is 0 Å². The van der Waals surface area contributed by atoms with E-state index >= 15 is 0 Å². The molecule has 0 aliphatic rings. The fourth-order valence-corrected chi connectivity index (χ4v) is 7.43. The molecule has 0 saturated carbocycles. The molecule has 1 unspecified atom stereocenters. The van der Waals surface area contributed by atoms with Gasteiger partial charge in [0.25, 0.3) is 0 Å². The van der Waals surface area contributed by atoms with Crippen LogP contribution in [-0.4, -0.2) is 37.2 Å². The molecule has 0 aliphatic heterocycles. The molecule has 0 aliphatic carbocycles. The summed E-state index contributed by atoms with van der Waals surface area (Å²) in [4.78, 5) is 37.9. The van der Waals surface area contributed by atoms with Gasteiger partial charge in [0.05, 0.1) is 0 Å². The number of carbonyl (C=O) groups excluding carboxylic acids is 3. The number of carbonyl (C=O) groups is 3. The maximum atomic E-state index is 12.8. The first-order chi connectivity index (χ1) is 29.5. The third-order valence-electron chi connectivity index (χ3n) is 11.4. The molecule has 0 aromatic heterocycles. The highest BCUT2D eigenvalue weighted by Crippen LogP contribution is 2.15. The van der Waals surface area contributed by atoms with Crippen molar-refractivity contribution >= 4 is 17.9 Å². The molecule has 1 atom stereocenters. The van der Waals surface area contributed by atoms with Crippen molar-refractivity contribution in [3.05, 3.63) is 36.5 Å². The highest BCUT2D eigenvalue weighted by atomic mass is 16.6. The lowest BCUT2D eigenvalue weighted by atomic mass is 10.1. The van der Waals surface area contributed by atoms with Crippen LogP contribution in [0.2, 0.25) is 0 Å². The number of ether oxygens (including phenoxy) is 3. The highest BCUT2D eigenvalue weighted by molar-refractivity contribution is 5.71. The number of esters is 3. The van der Waals surface area contributed by atoms with Gasteiger partial charge in [-0.1, -0.05) is 218 Å². The fraction of sp³-hybridized carbons (Fsp3) is 0.833. The van der Waals surface area contributed by atoms with Crippen molar-refractivity contribution in [2.75, 3.05) is 13.2 Å². The number of unbranched alkanes of at least 4 members (excludes halogenated alkanes) is 31. The maximum Gasteiger partial charge on any atom is 0.306 e. The minimum atomic E-state index is -0.780. The third kappa shape index (κ3) is 46.7. The van der Waals surface area contributed by atoms with E-state index in [4.69, 9.17) is 14.2 Å². The second kappa shape index (κ2) is 49.3. The van der Waals surface area contributed by atoms with Gasteiger partial charge < -0.3 is 14.2 Å². The molecule has 0 spiro atoms. The summed E-state index contributed by atoms with van der Waals surface area (Å²) in [5.41, 5.74) is 0. The Morgan fingerprint density at radius 1 is 0.333 bits per heavy atom. The molecule has 350 valence electrons. The number of hydrogen-bond acceptors (Lipinski definition) is 6. The molecule has 0 bridgehead atoms. The van der Waals surface area contributed by atoms with E-state index in [1.54, 1.807) is 0 Å². The molecular weight excluding hydrogens is 745 g/mol. The van der Waals surface area contributed by atoms with E-state index in [2.05, 4.69) is 57.2 Å². The molecule has 0 aromatic carbocycles. The first kappa shape index (κ1) is 57.6. The van der Waals surface area contributed by atoms with E-state index in [0.29, 0.717) is 19.3 Å². The summed E-state index contributed by atoms with van der Waals surface area (Å²) < 4.78 is 16.8. The highest BCUT2D eigenvalue weighted by Gasteiger charge is 2.19. The van der Waals surface area contributed by atoms with Crippen LogP contribution in [0.25, 0.3) is 0 Å². The zero-order chi connectivity index (χ0) is 43.7. The van der Waals surface area contributed by atoms with Crippen molar-refractivity contribution in [3.63, 3.8) is 0 Å². The van der Waals surface area contributed by atoms with Crippen molar-refractivity contribution in [2.45, 2.75) is 277 Å². The minimum absolute atomic E-state index is 0.0796. The summed E-state index contributed by atoms with van der Waals surface area (Å²) in [6.45, 7) is 6.60. The molecule has 0 amide bonds. The summed E-state index contributed by atoms with van der Waals surface area (Å²) in [5, 5.41) is 0. The Balaban J connectivity index is 4.39. The van der Waals surface area contributed by atoms with E-state index in [1.165, 1.54) is 161 Å². The molecule has 0 saturated heterocycles. The lowest BCUT2D eigenvalue weighted by molar-refractivity contribution is -0.167. The van der Waals surface area contributed by atoms with E-state index in [0.717, 1.165) is 70.6 Å². The van der Waals surface area contributed by atoms with Crippen LogP contribution in [0.1, 0.15) is 271 Å². The van der Waals surface area contributed by atoms with Crippen molar-refractivity contribution < 1.29 is 28.6 Å². The van der Waals surface area contributed by atoms with Gasteiger partial charge in [-0.15, -0.1) is 0 Å². The normalized spacial score (nSPS) is 12.2. The van der Waals surface area contributed by atoms with Gasteiger partial charge in [0.2, 0.25) is 0 Å². The first-order valence-electron chi connectivity index (χ1n) is 26.0. The Labute approximate surface area is 372 Å². The monoisotopic (exact) mass is 843 g/mol. The van der Waals surface area contributed by atoms with Crippen LogP contribution in [-0.2, 0) is 28.6 Å². The summed E-state index contributed by atoms with van der Waals surface area (Å²) in [5.74, 6) is -0.903. The van der Waals surface area contributed by atoms with Gasteiger partial charge in [-0.3, -0.25) is 14.4 Å². The molecule has 0 fully saturated rings. The summed E-state index contributed by atoms with van der Waals surface area (Å²) in [6, 6.07) is 0. The molecule has 60 heavy (non-hydrogen) atoms. The zero-order valence-corrected chi connectivity index (χ0v) is 40.0. The molecule has 0 radical (unpaired) electrons. The van der Waals surface area contributed by atoms with Crippen LogP contribution < -0.4 is 0 Å². The number of hydrogen-bond donors (Lipinski definition) is 0. The topological polar surface area (TPSA) is 78.9 Å². The van der Waals surface area contributed by atoms with Crippen LogP contribution in [0.3, 0.4) is 0 Å². The summed E-state index contributed by atoms with van der Waals surface area (Å²) in [6.07, 6.45) is 57.0. The van der Waals surface area contributed by atoms with Gasteiger partial charge in [-0.05, 0) is 70.6 Å². The van der Waals surface area contributed by atoms with Crippen LogP contribution >= 0.6 is 0 Å². The number of allylic oxidation sites excluding steroid dienone is 6. The zero-order valence-electron chi connectivity index (χ0n) is 40.0. The molecule has 0 heterocycles. The van der Waals surface area contributed by atoms with Gasteiger partial charge in [0.1, 0.15) is 13.2 Å². The molecule has 0 aromatic rings. The Morgan fingerprint density at radius 3 is 0.967 bits per heavy atom. The summed E-state index contributed by atoms with van der Waals surface area (Å²) in [7, 11) is 0. The lowest BCUT2D eigenvalue weighted by Gasteiger charge is -2.18. The van der Waals surface area contributed by atoms with Crippen molar-refractivity contribution in [1.29, 1.82) is 0 Å². The second-order valence-corrected chi connectivity index (χ2v) is 17.5. The quantitative estimate of drug-likeness (QED) is 0.0200. The SMILES string of the molecule is CCCCCC/C=C\CCCCCCCCCC(=O)OC(COC(=O)CCCCC/C=C\C=C/CCCCCCCCC)COC(=O)CCCCCCCCCCCCC. The van der Waals surface area contributed by atoms with Crippen LogP contribution in [0.5, 0.6) is 0 Å². The van der Waals surface area contributed by atoms with Gasteiger partial charge in [-0.2, -0.15) is 0 Å². The van der Waals surface area contributed by atoms with Gasteiger partial charge in [0.15, 0.2) is 6.10 Å². The van der Waals surface area contributed by atoms with Crippen molar-refractivity contribution in [2.24, 2.45) is 0 Å². The molecule has 0 rings (SSSR count). The van der Waals surface area contributed by atoms with E-state index in [1.807, 2.05) is 0 Å². The molecule has 0 N–H and O–H groups in total. The smallest absolute Gasteiger partial charge is 0.306 e. The van der Waals surface area contributed by atoms with Crippen LogP contribution in [0.15, 0.2) is 36.5 Å². The Bertz CT molecular complexity index is 1020. The predicted molar refractivity (Wildman–Crippen MR) is 256 cm³/mol. The predicted octanol–water partition coefficient (Wildman–Crippen LogP) is 16.9. The Hall–Kier alpha value is -2.37. The average molecular weight is 843 g/mol. The maximum absolute atomic E-state index is 12.8.